The van der Waals surface area contributed by atoms with E-state index in [9.17, 15) is 27.6 Å². The minimum atomic E-state index is -4.19. The molecule has 228 valence electrons. The molecule has 3 rings (SSSR count). The van der Waals surface area contributed by atoms with Crippen molar-refractivity contribution in [2.45, 2.75) is 39.8 Å². The lowest BCUT2D eigenvalue weighted by Crippen LogP contribution is -2.24. The molecule has 0 aromatic heterocycles. The zero-order valence-corrected chi connectivity index (χ0v) is 24.1. The standard InChI is InChI=1S/C33H33F3O7/c1-32(2,3)31(39)42-22-21-41-29(37)18-7-23-5-14-28(15-6-23)43-30(38)26-10-8-24(9-11-26)25-12-16-27(17-13-25)40-20-4-19-33(34,35)36/h5-18H,4,19-22H2,1-3H3/b18-7+. The summed E-state index contributed by atoms with van der Waals surface area (Å²) in [5.41, 5.74) is 2.07. The molecule has 0 unspecified atom stereocenters. The molecule has 0 aliphatic rings. The number of rotatable bonds is 12. The van der Waals surface area contributed by atoms with Crippen LogP contribution in [0, 0.1) is 5.41 Å². The molecule has 0 saturated carbocycles. The predicted molar refractivity (Wildman–Crippen MR) is 154 cm³/mol. The van der Waals surface area contributed by atoms with Crippen LogP contribution in [0.1, 0.15) is 49.5 Å². The van der Waals surface area contributed by atoms with Gasteiger partial charge in [0.05, 0.1) is 17.6 Å². The number of ether oxygens (including phenoxy) is 4. The van der Waals surface area contributed by atoms with Crippen molar-refractivity contribution in [2.24, 2.45) is 5.41 Å². The van der Waals surface area contributed by atoms with E-state index in [-0.39, 0.29) is 32.2 Å². The van der Waals surface area contributed by atoms with Gasteiger partial charge >= 0.3 is 24.1 Å². The van der Waals surface area contributed by atoms with E-state index >= 15 is 0 Å². The van der Waals surface area contributed by atoms with Crippen LogP contribution >= 0.6 is 0 Å². The summed E-state index contributed by atoms with van der Waals surface area (Å²) in [6.07, 6.45) is -2.41. The minimum Gasteiger partial charge on any atom is -0.494 e. The van der Waals surface area contributed by atoms with Gasteiger partial charge in [0.1, 0.15) is 24.7 Å². The molecule has 0 aliphatic heterocycles. The van der Waals surface area contributed by atoms with E-state index in [1.165, 1.54) is 6.08 Å². The van der Waals surface area contributed by atoms with Gasteiger partial charge in [-0.1, -0.05) is 36.4 Å². The van der Waals surface area contributed by atoms with Crippen molar-refractivity contribution in [1.29, 1.82) is 0 Å². The van der Waals surface area contributed by atoms with Crippen LogP contribution in [0.2, 0.25) is 0 Å². The van der Waals surface area contributed by atoms with Crippen LogP contribution in [-0.4, -0.2) is 43.9 Å². The highest BCUT2D eigenvalue weighted by Crippen LogP contribution is 2.25. The molecule has 0 spiro atoms. The Morgan fingerprint density at radius 1 is 0.721 bits per heavy atom. The van der Waals surface area contributed by atoms with Gasteiger partial charge in [0.2, 0.25) is 0 Å². The minimum absolute atomic E-state index is 0.0249. The Hall–Kier alpha value is -4.60. The van der Waals surface area contributed by atoms with E-state index in [0.29, 0.717) is 22.6 Å². The van der Waals surface area contributed by atoms with Gasteiger partial charge in [-0.15, -0.1) is 0 Å². The van der Waals surface area contributed by atoms with Crippen LogP contribution in [-0.2, 0) is 19.1 Å². The Balaban J connectivity index is 1.44. The molecule has 0 N–H and O–H groups in total. The second-order valence-electron chi connectivity index (χ2n) is 10.5. The summed E-state index contributed by atoms with van der Waals surface area (Å²) >= 11 is 0. The highest BCUT2D eigenvalue weighted by atomic mass is 19.4. The third-order valence-electron chi connectivity index (χ3n) is 5.86. The predicted octanol–water partition coefficient (Wildman–Crippen LogP) is 7.44. The summed E-state index contributed by atoms with van der Waals surface area (Å²) in [5, 5.41) is 0. The van der Waals surface area contributed by atoms with Gasteiger partial charge in [-0.25, -0.2) is 9.59 Å². The fourth-order valence-corrected chi connectivity index (χ4v) is 3.52. The topological polar surface area (TPSA) is 88.1 Å². The molecule has 43 heavy (non-hydrogen) atoms. The summed E-state index contributed by atoms with van der Waals surface area (Å²) in [6.45, 7) is 5.08. The van der Waals surface area contributed by atoms with Gasteiger partial charge in [0.15, 0.2) is 0 Å². The molecule has 7 nitrogen and oxygen atoms in total. The van der Waals surface area contributed by atoms with Gasteiger partial charge in [-0.2, -0.15) is 13.2 Å². The molecule has 0 atom stereocenters. The fourth-order valence-electron chi connectivity index (χ4n) is 3.52. The van der Waals surface area contributed by atoms with E-state index in [2.05, 4.69) is 0 Å². The van der Waals surface area contributed by atoms with Crippen molar-refractivity contribution in [1.82, 2.24) is 0 Å². The van der Waals surface area contributed by atoms with Gasteiger partial charge in [-0.05, 0) is 86.4 Å². The molecular formula is C33H33F3O7. The molecule has 0 bridgehead atoms. The second kappa shape index (κ2) is 15.0. The van der Waals surface area contributed by atoms with Crippen LogP contribution < -0.4 is 9.47 Å². The summed E-state index contributed by atoms with van der Waals surface area (Å²) in [6, 6.07) is 20.2. The lowest BCUT2D eigenvalue weighted by molar-refractivity contribution is -0.156. The Morgan fingerprint density at radius 2 is 1.28 bits per heavy atom. The molecule has 0 fully saturated rings. The van der Waals surface area contributed by atoms with Crippen molar-refractivity contribution >= 4 is 24.0 Å². The number of hydrogen-bond donors (Lipinski definition) is 0. The molecule has 3 aromatic carbocycles. The monoisotopic (exact) mass is 598 g/mol. The van der Waals surface area contributed by atoms with Gasteiger partial charge < -0.3 is 18.9 Å². The fraction of sp³-hybridized carbons (Fsp3) is 0.303. The van der Waals surface area contributed by atoms with Crippen molar-refractivity contribution in [3.8, 4) is 22.6 Å². The summed E-state index contributed by atoms with van der Waals surface area (Å²) < 4.78 is 57.6. The SMILES string of the molecule is CC(C)(C)C(=O)OCCOC(=O)/C=C/c1ccc(OC(=O)c2ccc(-c3ccc(OCCCC(F)(F)F)cc3)cc2)cc1. The molecule has 0 heterocycles. The van der Waals surface area contributed by atoms with Crippen LogP contribution in [0.25, 0.3) is 17.2 Å². The average Bonchev–Trinajstić information content (AvgIpc) is 2.96. The van der Waals surface area contributed by atoms with Crippen LogP contribution in [0.5, 0.6) is 11.5 Å². The zero-order chi connectivity index (χ0) is 31.5. The summed E-state index contributed by atoms with van der Waals surface area (Å²) in [4.78, 5) is 36.2. The smallest absolute Gasteiger partial charge is 0.389 e. The van der Waals surface area contributed by atoms with E-state index in [1.54, 1.807) is 99.6 Å². The lowest BCUT2D eigenvalue weighted by atomic mass is 9.97. The van der Waals surface area contributed by atoms with Crippen LogP contribution in [0.15, 0.2) is 78.9 Å². The van der Waals surface area contributed by atoms with E-state index in [0.717, 1.165) is 11.1 Å². The van der Waals surface area contributed by atoms with Crippen LogP contribution in [0.4, 0.5) is 13.2 Å². The highest BCUT2D eigenvalue weighted by Gasteiger charge is 2.26. The largest absolute Gasteiger partial charge is 0.494 e. The Kier molecular flexibility index (Phi) is 11.5. The third kappa shape index (κ3) is 11.7. The third-order valence-corrected chi connectivity index (χ3v) is 5.86. The maximum Gasteiger partial charge on any atom is 0.389 e. The van der Waals surface area contributed by atoms with Crippen LogP contribution in [0.3, 0.4) is 0 Å². The number of benzene rings is 3. The summed E-state index contributed by atoms with van der Waals surface area (Å²) in [5.74, 6) is -0.719. The van der Waals surface area contributed by atoms with Gasteiger partial charge in [-0.3, -0.25) is 4.79 Å². The number of carbonyl (C=O) groups excluding carboxylic acids is 3. The number of halogens is 3. The first-order valence-electron chi connectivity index (χ1n) is 13.5. The first-order chi connectivity index (χ1) is 20.3. The normalized spacial score (nSPS) is 11.7. The molecule has 10 heteroatoms. The number of hydrogen-bond acceptors (Lipinski definition) is 7. The summed E-state index contributed by atoms with van der Waals surface area (Å²) in [7, 11) is 0. The van der Waals surface area contributed by atoms with E-state index < -0.39 is 30.0 Å². The van der Waals surface area contributed by atoms with Gasteiger partial charge in [0, 0.05) is 12.5 Å². The average molecular weight is 599 g/mol. The van der Waals surface area contributed by atoms with Crippen molar-refractivity contribution < 1.29 is 46.5 Å². The molecule has 0 amide bonds. The van der Waals surface area contributed by atoms with E-state index in [4.69, 9.17) is 18.9 Å². The Labute approximate surface area is 248 Å². The Bertz CT molecular complexity index is 1390. The molecule has 0 aliphatic carbocycles. The van der Waals surface area contributed by atoms with Crippen molar-refractivity contribution in [3.05, 3.63) is 90.0 Å². The molecule has 0 radical (unpaired) electrons. The first-order valence-corrected chi connectivity index (χ1v) is 13.5. The molecular weight excluding hydrogens is 565 g/mol. The first kappa shape index (κ1) is 32.9. The lowest BCUT2D eigenvalue weighted by Gasteiger charge is -2.16. The highest BCUT2D eigenvalue weighted by molar-refractivity contribution is 5.92. The molecule has 3 aromatic rings. The second-order valence-corrected chi connectivity index (χ2v) is 10.5. The van der Waals surface area contributed by atoms with Gasteiger partial charge in [0.25, 0.3) is 0 Å². The van der Waals surface area contributed by atoms with Crippen molar-refractivity contribution in [2.75, 3.05) is 19.8 Å². The number of esters is 3. The molecule has 0 saturated heterocycles. The maximum atomic E-state index is 12.6. The maximum absolute atomic E-state index is 12.6. The Morgan fingerprint density at radius 3 is 1.86 bits per heavy atom. The van der Waals surface area contributed by atoms with E-state index in [1.807, 2.05) is 0 Å². The number of carbonyl (C=O) groups is 3. The van der Waals surface area contributed by atoms with Crippen molar-refractivity contribution in [3.63, 3.8) is 0 Å². The quantitative estimate of drug-likeness (QED) is 0.0927. The number of alkyl halides is 3. The zero-order valence-electron chi connectivity index (χ0n) is 24.1.